The molecule has 3 rings (SSSR count). The zero-order chi connectivity index (χ0) is 16.9. The van der Waals surface area contributed by atoms with E-state index in [9.17, 15) is 9.90 Å². The lowest BCUT2D eigenvalue weighted by molar-refractivity contribution is -0.118. The molecule has 124 valence electrons. The van der Waals surface area contributed by atoms with Gasteiger partial charge in [0, 0.05) is 11.7 Å². The van der Waals surface area contributed by atoms with Crippen LogP contribution in [0.1, 0.15) is 24.1 Å². The van der Waals surface area contributed by atoms with Crippen LogP contribution in [0.15, 0.2) is 71.3 Å². The highest BCUT2D eigenvalue weighted by Gasteiger charge is 2.34. The van der Waals surface area contributed by atoms with Crippen LogP contribution < -0.4 is 5.32 Å². The zero-order valence-electron chi connectivity index (χ0n) is 13.6. The van der Waals surface area contributed by atoms with Crippen LogP contribution in [-0.4, -0.2) is 16.8 Å². The minimum atomic E-state index is -0.183. The van der Waals surface area contributed by atoms with Gasteiger partial charge in [-0.3, -0.25) is 4.79 Å². The summed E-state index contributed by atoms with van der Waals surface area (Å²) in [5.41, 5.74) is 2.25. The molecule has 1 aliphatic rings. The molecule has 2 aromatic carbocycles. The summed E-state index contributed by atoms with van der Waals surface area (Å²) >= 11 is 1.43. The monoisotopic (exact) mass is 339 g/mol. The van der Waals surface area contributed by atoms with Crippen LogP contribution in [-0.2, 0) is 11.2 Å². The number of hydrogen-bond donors (Lipinski definition) is 2. The van der Waals surface area contributed by atoms with Crippen molar-refractivity contribution in [3.8, 4) is 0 Å². The van der Waals surface area contributed by atoms with Crippen LogP contribution >= 0.6 is 11.8 Å². The third-order valence-corrected chi connectivity index (χ3v) is 5.39. The van der Waals surface area contributed by atoms with Gasteiger partial charge in [0.2, 0.25) is 0 Å². The van der Waals surface area contributed by atoms with E-state index in [1.165, 1.54) is 17.3 Å². The van der Waals surface area contributed by atoms with Gasteiger partial charge in [-0.05, 0) is 17.5 Å². The van der Waals surface area contributed by atoms with Gasteiger partial charge in [0.15, 0.2) is 0 Å². The molecule has 0 saturated heterocycles. The predicted octanol–water partition coefficient (Wildman–Crippen LogP) is 4.24. The van der Waals surface area contributed by atoms with Crippen LogP contribution in [0.2, 0.25) is 0 Å². The van der Waals surface area contributed by atoms with E-state index in [1.807, 2.05) is 55.5 Å². The van der Waals surface area contributed by atoms with Gasteiger partial charge in [-0.15, -0.1) is 11.8 Å². The Morgan fingerprint density at radius 2 is 1.67 bits per heavy atom. The summed E-state index contributed by atoms with van der Waals surface area (Å²) < 4.78 is 0. The molecule has 1 aliphatic heterocycles. The number of amides is 1. The summed E-state index contributed by atoms with van der Waals surface area (Å²) in [6, 6.07) is 19.8. The number of aryl methyl sites for hydroxylation is 1. The smallest absolute Gasteiger partial charge is 0.261 e. The number of thioether (sulfide) groups is 1. The molecular weight excluding hydrogens is 318 g/mol. The van der Waals surface area contributed by atoms with Crippen molar-refractivity contribution in [3.63, 3.8) is 0 Å². The molecule has 1 amide bonds. The Morgan fingerprint density at radius 3 is 2.33 bits per heavy atom. The summed E-state index contributed by atoms with van der Waals surface area (Å²) in [5, 5.41) is 13.6. The van der Waals surface area contributed by atoms with Crippen molar-refractivity contribution in [2.45, 2.75) is 19.4 Å². The van der Waals surface area contributed by atoms with E-state index in [1.54, 1.807) is 0 Å². The van der Waals surface area contributed by atoms with Gasteiger partial charge in [0.05, 0.1) is 6.04 Å². The second kappa shape index (κ2) is 7.58. The largest absolute Gasteiger partial charge is 0.511 e. The van der Waals surface area contributed by atoms with Gasteiger partial charge in [0.1, 0.15) is 10.7 Å². The number of aliphatic hydroxyl groups excluding tert-OH is 1. The molecule has 0 bridgehead atoms. The molecule has 2 atom stereocenters. The molecule has 0 radical (unpaired) electrons. The molecule has 0 fully saturated rings. The van der Waals surface area contributed by atoms with Crippen molar-refractivity contribution in [2.75, 3.05) is 5.75 Å². The van der Waals surface area contributed by atoms with Gasteiger partial charge >= 0.3 is 0 Å². The minimum Gasteiger partial charge on any atom is -0.511 e. The molecule has 24 heavy (non-hydrogen) atoms. The van der Waals surface area contributed by atoms with E-state index >= 15 is 0 Å². The number of hydrogen-bond acceptors (Lipinski definition) is 3. The molecule has 1 heterocycles. The SMILES string of the molecule is CC1C(O)=C(SCCc2ccccc2)C(=O)NC1c1ccccc1. The van der Waals surface area contributed by atoms with Crippen molar-refractivity contribution in [1.29, 1.82) is 0 Å². The fourth-order valence-electron chi connectivity index (χ4n) is 2.90. The van der Waals surface area contributed by atoms with Crippen molar-refractivity contribution >= 4 is 17.7 Å². The Hall–Kier alpha value is -2.20. The van der Waals surface area contributed by atoms with Gasteiger partial charge in [-0.25, -0.2) is 0 Å². The molecule has 3 nitrogen and oxygen atoms in total. The summed E-state index contributed by atoms with van der Waals surface area (Å²) in [5.74, 6) is 0.645. The van der Waals surface area contributed by atoms with Crippen LogP contribution in [0.5, 0.6) is 0 Å². The Balaban J connectivity index is 1.69. The van der Waals surface area contributed by atoms with E-state index in [0.717, 1.165) is 17.7 Å². The van der Waals surface area contributed by atoms with Gasteiger partial charge in [-0.1, -0.05) is 67.6 Å². The molecule has 2 unspecified atom stereocenters. The highest BCUT2D eigenvalue weighted by molar-refractivity contribution is 8.04. The molecular formula is C20H21NO2S. The highest BCUT2D eigenvalue weighted by atomic mass is 32.2. The van der Waals surface area contributed by atoms with Crippen molar-refractivity contribution < 1.29 is 9.90 Å². The summed E-state index contributed by atoms with van der Waals surface area (Å²) in [7, 11) is 0. The van der Waals surface area contributed by atoms with Crippen LogP contribution in [0, 0.1) is 5.92 Å². The molecule has 0 saturated carbocycles. The average molecular weight is 339 g/mol. The molecule has 0 aliphatic carbocycles. The Kier molecular flexibility index (Phi) is 5.26. The molecule has 2 aromatic rings. The lowest BCUT2D eigenvalue weighted by atomic mass is 9.90. The van der Waals surface area contributed by atoms with Crippen LogP contribution in [0.25, 0.3) is 0 Å². The minimum absolute atomic E-state index is 0.135. The average Bonchev–Trinajstić information content (AvgIpc) is 2.62. The van der Waals surface area contributed by atoms with E-state index in [2.05, 4.69) is 17.4 Å². The van der Waals surface area contributed by atoms with Crippen LogP contribution in [0.3, 0.4) is 0 Å². The number of benzene rings is 2. The molecule has 2 N–H and O–H groups in total. The van der Waals surface area contributed by atoms with Crippen molar-refractivity contribution in [1.82, 2.24) is 5.32 Å². The molecule has 0 aromatic heterocycles. The second-order valence-electron chi connectivity index (χ2n) is 5.95. The number of aliphatic hydroxyl groups is 1. The number of carbonyl (C=O) groups excluding carboxylic acids is 1. The van der Waals surface area contributed by atoms with E-state index in [4.69, 9.17) is 0 Å². The van der Waals surface area contributed by atoms with Crippen molar-refractivity contribution in [2.24, 2.45) is 5.92 Å². The van der Waals surface area contributed by atoms with Gasteiger partial charge < -0.3 is 10.4 Å². The Labute approximate surface area is 146 Å². The maximum absolute atomic E-state index is 12.4. The predicted molar refractivity (Wildman–Crippen MR) is 98.7 cm³/mol. The number of carbonyl (C=O) groups is 1. The van der Waals surface area contributed by atoms with E-state index in [0.29, 0.717) is 4.91 Å². The van der Waals surface area contributed by atoms with Crippen molar-refractivity contribution in [3.05, 3.63) is 82.5 Å². The zero-order valence-corrected chi connectivity index (χ0v) is 14.4. The first-order valence-corrected chi connectivity index (χ1v) is 9.11. The van der Waals surface area contributed by atoms with Gasteiger partial charge in [-0.2, -0.15) is 0 Å². The summed E-state index contributed by atoms with van der Waals surface area (Å²) in [4.78, 5) is 12.9. The first-order valence-electron chi connectivity index (χ1n) is 8.12. The first-order chi connectivity index (χ1) is 11.7. The lowest BCUT2D eigenvalue weighted by Crippen LogP contribution is -2.39. The lowest BCUT2D eigenvalue weighted by Gasteiger charge is -2.31. The normalized spacial score (nSPS) is 20.8. The fourth-order valence-corrected chi connectivity index (χ4v) is 3.97. The Morgan fingerprint density at radius 1 is 1.04 bits per heavy atom. The molecule has 0 spiro atoms. The summed E-state index contributed by atoms with van der Waals surface area (Å²) in [6.45, 7) is 1.95. The van der Waals surface area contributed by atoms with Crippen LogP contribution in [0.4, 0.5) is 0 Å². The standard InChI is InChI=1S/C20H21NO2S/c1-14-17(16-10-6-3-7-11-16)21-20(23)19(18(14)22)24-13-12-15-8-4-2-5-9-15/h2-11,14,17,22H,12-13H2,1H3,(H,21,23). The third-order valence-electron chi connectivity index (χ3n) is 4.30. The third kappa shape index (κ3) is 3.65. The summed E-state index contributed by atoms with van der Waals surface area (Å²) in [6.07, 6.45) is 0.867. The fraction of sp³-hybridized carbons (Fsp3) is 0.250. The second-order valence-corrected chi connectivity index (χ2v) is 7.05. The maximum Gasteiger partial charge on any atom is 0.261 e. The van der Waals surface area contributed by atoms with E-state index < -0.39 is 0 Å². The number of nitrogens with one attached hydrogen (secondary N) is 1. The maximum atomic E-state index is 12.4. The quantitative estimate of drug-likeness (QED) is 0.857. The first kappa shape index (κ1) is 16.7. The van der Waals surface area contributed by atoms with Gasteiger partial charge in [0.25, 0.3) is 5.91 Å². The highest BCUT2D eigenvalue weighted by Crippen LogP contribution is 2.36. The van der Waals surface area contributed by atoms with E-state index in [-0.39, 0.29) is 23.6 Å². The molecule has 4 heteroatoms. The number of rotatable bonds is 5. The Bertz CT molecular complexity index is 728. The topological polar surface area (TPSA) is 49.3 Å².